The third kappa shape index (κ3) is 2.71. The summed E-state index contributed by atoms with van der Waals surface area (Å²) >= 11 is 4.97. The highest BCUT2D eigenvalue weighted by Crippen LogP contribution is 2.23. The van der Waals surface area contributed by atoms with E-state index in [2.05, 4.69) is 15.2 Å². The van der Waals surface area contributed by atoms with E-state index >= 15 is 0 Å². The monoisotopic (exact) mass is 306 g/mol. The van der Waals surface area contributed by atoms with Gasteiger partial charge in [0.25, 0.3) is 5.56 Å². The van der Waals surface area contributed by atoms with E-state index in [1.165, 1.54) is 5.56 Å². The molecule has 112 valence electrons. The second-order valence-electron chi connectivity index (χ2n) is 5.20. The lowest BCUT2D eigenvalue weighted by atomic mass is 9.94. The number of aromatic nitrogens is 4. The highest BCUT2D eigenvalue weighted by Gasteiger charge is 2.19. The first kappa shape index (κ1) is 14.2. The summed E-state index contributed by atoms with van der Waals surface area (Å²) in [6, 6.07) is 1.96. The van der Waals surface area contributed by atoms with E-state index in [9.17, 15) is 4.79 Å². The van der Waals surface area contributed by atoms with E-state index in [0.717, 1.165) is 31.4 Å². The maximum absolute atomic E-state index is 12.8. The number of fused-ring (bicyclic) bond motifs is 1. The zero-order chi connectivity index (χ0) is 14.8. The van der Waals surface area contributed by atoms with Gasteiger partial charge in [-0.3, -0.25) is 15.0 Å². The van der Waals surface area contributed by atoms with Gasteiger partial charge >= 0.3 is 0 Å². The topological polar surface area (TPSA) is 75.7 Å². The van der Waals surface area contributed by atoms with Gasteiger partial charge in [-0.15, -0.1) is 0 Å². The summed E-state index contributed by atoms with van der Waals surface area (Å²) in [6.45, 7) is 1.09. The number of H-pyrrole nitrogens is 2. The van der Waals surface area contributed by atoms with E-state index in [1.807, 2.05) is 10.6 Å². The molecule has 6 nitrogen and oxygen atoms in total. The number of aryl methyl sites for hydroxylation is 1. The van der Waals surface area contributed by atoms with Gasteiger partial charge < -0.3 is 9.30 Å². The normalized spacial score (nSPS) is 14.1. The van der Waals surface area contributed by atoms with Gasteiger partial charge in [0.1, 0.15) is 0 Å². The Morgan fingerprint density at radius 1 is 1.38 bits per heavy atom. The second kappa shape index (κ2) is 5.95. The van der Waals surface area contributed by atoms with Crippen molar-refractivity contribution in [3.63, 3.8) is 0 Å². The molecule has 2 N–H and O–H groups in total. The number of ether oxygens (including phenoxy) is 1. The number of methoxy groups -OCH3 is 1. The molecule has 2 aromatic heterocycles. The number of pyridine rings is 1. The molecule has 1 aliphatic carbocycles. The minimum Gasteiger partial charge on any atom is -0.383 e. The van der Waals surface area contributed by atoms with Crippen LogP contribution in [0.1, 0.15) is 24.1 Å². The maximum Gasteiger partial charge on any atom is 0.261 e. The highest BCUT2D eigenvalue weighted by atomic mass is 32.1. The first-order chi connectivity index (χ1) is 10.2. The SMILES string of the molecule is COCCn1c2c(cc(-c3nc(=S)[nH][nH]3)c1=O)CCCC2. The molecule has 0 unspecified atom stereocenters. The Morgan fingerprint density at radius 3 is 2.90 bits per heavy atom. The van der Waals surface area contributed by atoms with Crippen LogP contribution in [-0.4, -0.2) is 33.5 Å². The first-order valence-electron chi connectivity index (χ1n) is 7.10. The Bertz CT molecular complexity index is 759. The molecule has 1 aliphatic rings. The van der Waals surface area contributed by atoms with Gasteiger partial charge in [0.2, 0.25) is 4.77 Å². The molecule has 0 bridgehead atoms. The summed E-state index contributed by atoms with van der Waals surface area (Å²) in [5.74, 6) is 0.504. The smallest absolute Gasteiger partial charge is 0.261 e. The van der Waals surface area contributed by atoms with Crippen LogP contribution in [0.15, 0.2) is 10.9 Å². The molecule has 0 amide bonds. The van der Waals surface area contributed by atoms with Crippen molar-refractivity contribution < 1.29 is 4.74 Å². The molecule has 0 atom stereocenters. The van der Waals surface area contributed by atoms with Crippen LogP contribution < -0.4 is 5.56 Å². The highest BCUT2D eigenvalue weighted by molar-refractivity contribution is 7.71. The lowest BCUT2D eigenvalue weighted by Crippen LogP contribution is -2.29. The summed E-state index contributed by atoms with van der Waals surface area (Å²) in [7, 11) is 1.65. The van der Waals surface area contributed by atoms with Gasteiger partial charge in [-0.25, -0.2) is 0 Å². The summed E-state index contributed by atoms with van der Waals surface area (Å²) in [6.07, 6.45) is 4.24. The predicted molar refractivity (Wildman–Crippen MR) is 82.0 cm³/mol. The lowest BCUT2D eigenvalue weighted by molar-refractivity contribution is 0.185. The Kier molecular flexibility index (Phi) is 4.03. The number of aromatic amines is 2. The Balaban J connectivity index is 2.17. The van der Waals surface area contributed by atoms with Crippen LogP contribution in [0.3, 0.4) is 0 Å². The Labute approximate surface area is 127 Å². The van der Waals surface area contributed by atoms with E-state index in [4.69, 9.17) is 17.0 Å². The van der Waals surface area contributed by atoms with Gasteiger partial charge in [-0.05, 0) is 49.5 Å². The fraction of sp³-hybridized carbons (Fsp3) is 0.500. The Morgan fingerprint density at radius 2 is 2.19 bits per heavy atom. The van der Waals surface area contributed by atoms with Crippen LogP contribution in [0.4, 0.5) is 0 Å². The van der Waals surface area contributed by atoms with Crippen molar-refractivity contribution in [2.24, 2.45) is 0 Å². The van der Waals surface area contributed by atoms with E-state index < -0.39 is 0 Å². The molecular formula is C14H18N4O2S. The fourth-order valence-electron chi connectivity index (χ4n) is 2.87. The minimum atomic E-state index is -0.0366. The van der Waals surface area contributed by atoms with Crippen molar-refractivity contribution >= 4 is 12.2 Å². The molecular weight excluding hydrogens is 288 g/mol. The lowest BCUT2D eigenvalue weighted by Gasteiger charge is -2.22. The van der Waals surface area contributed by atoms with Crippen molar-refractivity contribution in [1.82, 2.24) is 19.7 Å². The zero-order valence-electron chi connectivity index (χ0n) is 11.9. The van der Waals surface area contributed by atoms with E-state index in [0.29, 0.717) is 29.3 Å². The van der Waals surface area contributed by atoms with Gasteiger partial charge in [0, 0.05) is 19.3 Å². The fourth-order valence-corrected chi connectivity index (χ4v) is 3.01. The number of nitrogens with zero attached hydrogens (tertiary/aromatic N) is 2. The summed E-state index contributed by atoms with van der Waals surface area (Å²) in [5, 5.41) is 5.61. The molecule has 0 aliphatic heterocycles. The summed E-state index contributed by atoms with van der Waals surface area (Å²) < 4.78 is 7.32. The first-order valence-corrected chi connectivity index (χ1v) is 7.51. The van der Waals surface area contributed by atoms with Gasteiger partial charge in [0.05, 0.1) is 12.2 Å². The van der Waals surface area contributed by atoms with E-state index in [-0.39, 0.29) is 5.56 Å². The summed E-state index contributed by atoms with van der Waals surface area (Å²) in [5.41, 5.74) is 2.90. The van der Waals surface area contributed by atoms with Crippen LogP contribution in [-0.2, 0) is 24.1 Å². The molecule has 21 heavy (non-hydrogen) atoms. The zero-order valence-corrected chi connectivity index (χ0v) is 12.8. The van der Waals surface area contributed by atoms with Crippen LogP contribution in [0, 0.1) is 4.77 Å². The van der Waals surface area contributed by atoms with E-state index in [1.54, 1.807) is 7.11 Å². The molecule has 2 heterocycles. The molecule has 0 spiro atoms. The molecule has 0 saturated carbocycles. The quantitative estimate of drug-likeness (QED) is 0.845. The molecule has 0 saturated heterocycles. The number of hydrogen-bond acceptors (Lipinski definition) is 4. The average Bonchev–Trinajstić information content (AvgIpc) is 2.92. The summed E-state index contributed by atoms with van der Waals surface area (Å²) in [4.78, 5) is 16.9. The van der Waals surface area contributed by atoms with Crippen molar-refractivity contribution in [2.45, 2.75) is 32.2 Å². The van der Waals surface area contributed by atoms with Gasteiger partial charge in [-0.1, -0.05) is 0 Å². The molecule has 0 fully saturated rings. The second-order valence-corrected chi connectivity index (χ2v) is 5.59. The van der Waals surface area contributed by atoms with Gasteiger partial charge in [-0.2, -0.15) is 4.98 Å². The minimum absolute atomic E-state index is 0.0366. The third-order valence-corrected chi connectivity index (χ3v) is 4.07. The van der Waals surface area contributed by atoms with Crippen molar-refractivity contribution in [1.29, 1.82) is 0 Å². The number of rotatable bonds is 4. The molecule has 0 aromatic carbocycles. The molecule has 0 radical (unpaired) electrons. The maximum atomic E-state index is 12.8. The average molecular weight is 306 g/mol. The standard InChI is InChI=1S/C14H18N4O2S/c1-20-7-6-18-11-5-3-2-4-9(11)8-10(13(18)19)12-15-14(21)17-16-12/h8H,2-7H2,1H3,(H2,15,16,17,21). The van der Waals surface area contributed by atoms with Crippen molar-refractivity contribution in [3.8, 4) is 11.4 Å². The van der Waals surface area contributed by atoms with Crippen LogP contribution in [0.25, 0.3) is 11.4 Å². The van der Waals surface area contributed by atoms with Gasteiger partial charge in [0.15, 0.2) is 5.82 Å². The molecule has 7 heteroatoms. The van der Waals surface area contributed by atoms with Crippen LogP contribution >= 0.6 is 12.2 Å². The van der Waals surface area contributed by atoms with Crippen LogP contribution in [0.5, 0.6) is 0 Å². The third-order valence-electron chi connectivity index (χ3n) is 3.88. The van der Waals surface area contributed by atoms with Crippen molar-refractivity contribution in [3.05, 3.63) is 32.4 Å². The largest absolute Gasteiger partial charge is 0.383 e. The number of nitrogens with one attached hydrogen (secondary N) is 2. The number of hydrogen-bond donors (Lipinski definition) is 2. The Hall–Kier alpha value is -1.73. The predicted octanol–water partition coefficient (Wildman–Crippen LogP) is 1.82. The van der Waals surface area contributed by atoms with Crippen LogP contribution in [0.2, 0.25) is 0 Å². The molecule has 2 aromatic rings. The molecule has 3 rings (SSSR count). The van der Waals surface area contributed by atoms with Crippen molar-refractivity contribution in [2.75, 3.05) is 13.7 Å².